The van der Waals surface area contributed by atoms with Gasteiger partial charge in [-0.05, 0) is 55.3 Å². The highest BCUT2D eigenvalue weighted by Crippen LogP contribution is 2.17. The maximum absolute atomic E-state index is 12.0. The van der Waals surface area contributed by atoms with Crippen molar-refractivity contribution in [1.82, 2.24) is 10.6 Å². The maximum Gasteiger partial charge on any atom is 0.251 e. The Bertz CT molecular complexity index is 732. The molecule has 2 N–H and O–H groups in total. The van der Waals surface area contributed by atoms with Crippen LogP contribution in [0.15, 0.2) is 48.5 Å². The van der Waals surface area contributed by atoms with Crippen molar-refractivity contribution >= 4 is 35.0 Å². The Kier molecular flexibility index (Phi) is 7.29. The third-order valence-corrected chi connectivity index (χ3v) is 4.19. The fourth-order valence-corrected chi connectivity index (χ4v) is 2.65. The zero-order chi connectivity index (χ0) is 18.2. The standard InChI is InChI=1S/C19H20Cl2N2O2/c1-13(15-4-2-5-17(21)12-15)23-18(24)6-3-11-22-19(25)14-7-9-16(20)10-8-14/h2,4-5,7-10,12-13H,3,6,11H2,1H3,(H,22,25)(H,23,24). The van der Waals surface area contributed by atoms with Gasteiger partial charge in [0, 0.05) is 28.6 Å². The fraction of sp³-hybridized carbons (Fsp3) is 0.263. The van der Waals surface area contributed by atoms with E-state index < -0.39 is 0 Å². The van der Waals surface area contributed by atoms with Crippen LogP contribution < -0.4 is 10.6 Å². The van der Waals surface area contributed by atoms with Gasteiger partial charge in [-0.25, -0.2) is 0 Å². The molecule has 0 heterocycles. The number of hydrogen-bond acceptors (Lipinski definition) is 2. The second-order valence-corrected chi connectivity index (χ2v) is 6.58. The lowest BCUT2D eigenvalue weighted by Crippen LogP contribution is -2.29. The van der Waals surface area contributed by atoms with Crippen molar-refractivity contribution in [3.05, 3.63) is 69.7 Å². The number of halogens is 2. The minimum Gasteiger partial charge on any atom is -0.352 e. The van der Waals surface area contributed by atoms with Crippen molar-refractivity contribution in [2.75, 3.05) is 6.54 Å². The van der Waals surface area contributed by atoms with Crippen LogP contribution in [0.2, 0.25) is 10.0 Å². The highest BCUT2D eigenvalue weighted by Gasteiger charge is 2.10. The Labute approximate surface area is 157 Å². The first-order chi connectivity index (χ1) is 12.0. The van der Waals surface area contributed by atoms with Crippen LogP contribution in [0.3, 0.4) is 0 Å². The summed E-state index contributed by atoms with van der Waals surface area (Å²) in [4.78, 5) is 23.9. The Morgan fingerprint density at radius 1 is 1.04 bits per heavy atom. The molecule has 0 aromatic heterocycles. The van der Waals surface area contributed by atoms with Gasteiger partial charge in [0.05, 0.1) is 6.04 Å². The summed E-state index contributed by atoms with van der Waals surface area (Å²) in [6.07, 6.45) is 0.902. The third kappa shape index (κ3) is 6.40. The van der Waals surface area contributed by atoms with Crippen LogP contribution in [-0.4, -0.2) is 18.4 Å². The zero-order valence-corrected chi connectivity index (χ0v) is 15.4. The van der Waals surface area contributed by atoms with Crippen LogP contribution in [0.4, 0.5) is 0 Å². The van der Waals surface area contributed by atoms with Crippen molar-refractivity contribution in [2.24, 2.45) is 0 Å². The quantitative estimate of drug-likeness (QED) is 0.702. The predicted molar refractivity (Wildman–Crippen MR) is 101 cm³/mol. The van der Waals surface area contributed by atoms with Crippen LogP contribution in [-0.2, 0) is 4.79 Å². The predicted octanol–water partition coefficient (Wildman–Crippen LogP) is 4.38. The summed E-state index contributed by atoms with van der Waals surface area (Å²) < 4.78 is 0. The SMILES string of the molecule is CC(NC(=O)CCCNC(=O)c1ccc(Cl)cc1)c1cccc(Cl)c1. The molecule has 0 bridgehead atoms. The molecule has 0 fully saturated rings. The maximum atomic E-state index is 12.0. The summed E-state index contributed by atoms with van der Waals surface area (Å²) in [6, 6.07) is 13.9. The molecular formula is C19H20Cl2N2O2. The molecule has 2 amide bonds. The van der Waals surface area contributed by atoms with E-state index in [1.165, 1.54) is 0 Å². The van der Waals surface area contributed by atoms with E-state index in [0.717, 1.165) is 5.56 Å². The summed E-state index contributed by atoms with van der Waals surface area (Å²) in [6.45, 7) is 2.34. The van der Waals surface area contributed by atoms with Crippen LogP contribution in [0.25, 0.3) is 0 Å². The lowest BCUT2D eigenvalue weighted by molar-refractivity contribution is -0.121. The van der Waals surface area contributed by atoms with Crippen molar-refractivity contribution in [3.63, 3.8) is 0 Å². The van der Waals surface area contributed by atoms with Crippen LogP contribution in [0.1, 0.15) is 41.7 Å². The van der Waals surface area contributed by atoms with E-state index in [9.17, 15) is 9.59 Å². The second kappa shape index (κ2) is 9.44. The Morgan fingerprint density at radius 2 is 1.76 bits per heavy atom. The second-order valence-electron chi connectivity index (χ2n) is 5.71. The van der Waals surface area contributed by atoms with Crippen molar-refractivity contribution in [1.29, 1.82) is 0 Å². The molecule has 0 saturated carbocycles. The third-order valence-electron chi connectivity index (χ3n) is 3.70. The molecule has 0 radical (unpaired) electrons. The van der Waals surface area contributed by atoms with Crippen molar-refractivity contribution < 1.29 is 9.59 Å². The van der Waals surface area contributed by atoms with E-state index in [4.69, 9.17) is 23.2 Å². The minimum absolute atomic E-state index is 0.0618. The van der Waals surface area contributed by atoms with Gasteiger partial charge in [-0.3, -0.25) is 9.59 Å². The molecule has 1 unspecified atom stereocenters. The molecule has 0 saturated heterocycles. The lowest BCUT2D eigenvalue weighted by Gasteiger charge is -2.14. The summed E-state index contributed by atoms with van der Waals surface area (Å²) in [5, 5.41) is 6.94. The van der Waals surface area contributed by atoms with Gasteiger partial charge in [0.25, 0.3) is 5.91 Å². The minimum atomic E-state index is -0.177. The summed E-state index contributed by atoms with van der Waals surface area (Å²) in [5.74, 6) is -0.238. The number of amides is 2. The molecule has 2 rings (SSSR count). The largest absolute Gasteiger partial charge is 0.352 e. The van der Waals surface area contributed by atoms with Gasteiger partial charge in [-0.15, -0.1) is 0 Å². The van der Waals surface area contributed by atoms with Crippen LogP contribution >= 0.6 is 23.2 Å². The van der Waals surface area contributed by atoms with Gasteiger partial charge in [0.2, 0.25) is 5.91 Å². The van der Waals surface area contributed by atoms with Gasteiger partial charge in [-0.1, -0.05) is 35.3 Å². The Balaban J connectivity index is 1.70. The van der Waals surface area contributed by atoms with Gasteiger partial charge in [-0.2, -0.15) is 0 Å². The molecule has 6 heteroatoms. The first-order valence-corrected chi connectivity index (χ1v) is 8.80. The zero-order valence-electron chi connectivity index (χ0n) is 13.9. The van der Waals surface area contributed by atoms with E-state index >= 15 is 0 Å². The molecule has 25 heavy (non-hydrogen) atoms. The van der Waals surface area contributed by atoms with Gasteiger partial charge in [0.15, 0.2) is 0 Å². The van der Waals surface area contributed by atoms with E-state index in [0.29, 0.717) is 35.0 Å². The number of nitrogens with one attached hydrogen (secondary N) is 2. The van der Waals surface area contributed by atoms with Crippen LogP contribution in [0, 0.1) is 0 Å². The van der Waals surface area contributed by atoms with Crippen molar-refractivity contribution in [2.45, 2.75) is 25.8 Å². The number of carbonyl (C=O) groups is 2. The molecule has 0 aliphatic heterocycles. The first-order valence-electron chi connectivity index (χ1n) is 8.04. The summed E-state index contributed by atoms with van der Waals surface area (Å²) >= 11 is 11.7. The summed E-state index contributed by atoms with van der Waals surface area (Å²) in [5.41, 5.74) is 1.50. The first kappa shape index (κ1) is 19.3. The smallest absolute Gasteiger partial charge is 0.251 e. The lowest BCUT2D eigenvalue weighted by atomic mass is 10.1. The Hall–Kier alpha value is -2.04. The molecule has 0 spiro atoms. The van der Waals surface area contributed by atoms with Gasteiger partial charge < -0.3 is 10.6 Å². The number of rotatable bonds is 7. The molecule has 1 atom stereocenters. The molecule has 2 aromatic rings. The molecular weight excluding hydrogens is 359 g/mol. The average molecular weight is 379 g/mol. The van der Waals surface area contributed by atoms with E-state index in [2.05, 4.69) is 10.6 Å². The van der Waals surface area contributed by atoms with Gasteiger partial charge >= 0.3 is 0 Å². The summed E-state index contributed by atoms with van der Waals surface area (Å²) in [7, 11) is 0. The molecule has 4 nitrogen and oxygen atoms in total. The van der Waals surface area contributed by atoms with Crippen LogP contribution in [0.5, 0.6) is 0 Å². The number of benzene rings is 2. The fourth-order valence-electron chi connectivity index (χ4n) is 2.33. The molecule has 132 valence electrons. The van der Waals surface area contributed by atoms with Gasteiger partial charge in [0.1, 0.15) is 0 Å². The average Bonchev–Trinajstić information content (AvgIpc) is 2.59. The monoisotopic (exact) mass is 378 g/mol. The number of hydrogen-bond donors (Lipinski definition) is 2. The normalized spacial score (nSPS) is 11.6. The van der Waals surface area contributed by atoms with Crippen molar-refractivity contribution in [3.8, 4) is 0 Å². The highest BCUT2D eigenvalue weighted by atomic mass is 35.5. The van der Waals surface area contributed by atoms with E-state index in [1.54, 1.807) is 30.3 Å². The molecule has 0 aliphatic rings. The van der Waals surface area contributed by atoms with E-state index in [-0.39, 0.29) is 17.9 Å². The Morgan fingerprint density at radius 3 is 2.44 bits per heavy atom. The highest BCUT2D eigenvalue weighted by molar-refractivity contribution is 6.30. The molecule has 0 aliphatic carbocycles. The number of carbonyl (C=O) groups excluding carboxylic acids is 2. The van der Waals surface area contributed by atoms with E-state index in [1.807, 2.05) is 25.1 Å². The molecule has 2 aromatic carbocycles. The topological polar surface area (TPSA) is 58.2 Å².